The molecular weight excluding hydrogens is 168 g/mol. The molecule has 1 amide bonds. The predicted octanol–water partition coefficient (Wildman–Crippen LogP) is 0.493. The SMILES string of the molecule is CC(=O)Nc1n[nH]c(C)n1.Cl. The number of carbonyl (C=O) groups excluding carboxylic acids is 1. The zero-order valence-corrected chi connectivity index (χ0v) is 7.03. The zero-order chi connectivity index (χ0) is 7.56. The van der Waals surface area contributed by atoms with E-state index in [4.69, 9.17) is 0 Å². The Morgan fingerprint density at radius 2 is 2.27 bits per heavy atom. The van der Waals surface area contributed by atoms with Gasteiger partial charge in [0.1, 0.15) is 5.82 Å². The minimum atomic E-state index is -0.168. The number of amides is 1. The minimum absolute atomic E-state index is 0. The summed E-state index contributed by atoms with van der Waals surface area (Å²) in [6.07, 6.45) is 0. The van der Waals surface area contributed by atoms with Gasteiger partial charge in [-0.2, -0.15) is 4.98 Å². The van der Waals surface area contributed by atoms with Crippen LogP contribution < -0.4 is 5.32 Å². The van der Waals surface area contributed by atoms with Crippen molar-refractivity contribution < 1.29 is 4.79 Å². The molecule has 0 saturated heterocycles. The number of aromatic nitrogens is 3. The van der Waals surface area contributed by atoms with E-state index < -0.39 is 0 Å². The average molecular weight is 177 g/mol. The summed E-state index contributed by atoms with van der Waals surface area (Å²) in [6, 6.07) is 0. The first-order valence-corrected chi connectivity index (χ1v) is 2.85. The number of H-pyrrole nitrogens is 1. The third-order valence-electron chi connectivity index (χ3n) is 0.885. The number of aromatic amines is 1. The number of hydrogen-bond acceptors (Lipinski definition) is 3. The van der Waals surface area contributed by atoms with Gasteiger partial charge in [0.15, 0.2) is 0 Å². The van der Waals surface area contributed by atoms with Crippen LogP contribution in [0.5, 0.6) is 0 Å². The Hall–Kier alpha value is -1.10. The van der Waals surface area contributed by atoms with E-state index in [9.17, 15) is 4.79 Å². The van der Waals surface area contributed by atoms with Gasteiger partial charge in [-0.3, -0.25) is 15.2 Å². The second-order valence-electron chi connectivity index (χ2n) is 1.93. The molecule has 0 fully saturated rings. The fraction of sp³-hybridized carbons (Fsp3) is 0.400. The molecule has 0 unspecified atom stereocenters. The zero-order valence-electron chi connectivity index (χ0n) is 6.21. The van der Waals surface area contributed by atoms with E-state index in [-0.39, 0.29) is 18.3 Å². The van der Waals surface area contributed by atoms with Gasteiger partial charge >= 0.3 is 0 Å². The van der Waals surface area contributed by atoms with Gasteiger partial charge in [-0.15, -0.1) is 17.5 Å². The maximum Gasteiger partial charge on any atom is 0.248 e. The first-order valence-electron chi connectivity index (χ1n) is 2.85. The first kappa shape index (κ1) is 9.90. The molecule has 0 bridgehead atoms. The van der Waals surface area contributed by atoms with Gasteiger partial charge in [0.2, 0.25) is 11.9 Å². The molecule has 0 aliphatic rings. The highest BCUT2D eigenvalue weighted by atomic mass is 35.5. The number of aryl methyl sites for hydroxylation is 1. The quantitative estimate of drug-likeness (QED) is 0.655. The molecule has 0 radical (unpaired) electrons. The van der Waals surface area contributed by atoms with E-state index >= 15 is 0 Å². The summed E-state index contributed by atoms with van der Waals surface area (Å²) in [5.41, 5.74) is 0. The van der Waals surface area contributed by atoms with E-state index in [1.165, 1.54) is 6.92 Å². The van der Waals surface area contributed by atoms with Crippen LogP contribution in [-0.2, 0) is 4.79 Å². The van der Waals surface area contributed by atoms with Gasteiger partial charge in [0.05, 0.1) is 0 Å². The van der Waals surface area contributed by atoms with Gasteiger partial charge in [0, 0.05) is 6.92 Å². The van der Waals surface area contributed by atoms with Crippen molar-refractivity contribution >= 4 is 24.3 Å². The second-order valence-corrected chi connectivity index (χ2v) is 1.93. The largest absolute Gasteiger partial charge is 0.293 e. The van der Waals surface area contributed by atoms with Crippen LogP contribution in [0, 0.1) is 6.92 Å². The van der Waals surface area contributed by atoms with Crippen molar-refractivity contribution in [3.63, 3.8) is 0 Å². The molecule has 0 spiro atoms. The van der Waals surface area contributed by atoms with E-state index in [1.54, 1.807) is 6.92 Å². The van der Waals surface area contributed by atoms with Crippen molar-refractivity contribution in [1.29, 1.82) is 0 Å². The van der Waals surface area contributed by atoms with Crippen molar-refractivity contribution in [2.75, 3.05) is 5.32 Å². The van der Waals surface area contributed by atoms with E-state index in [1.807, 2.05) is 0 Å². The molecule has 0 aliphatic carbocycles. The molecule has 0 aliphatic heterocycles. The number of anilines is 1. The maximum absolute atomic E-state index is 10.4. The third-order valence-corrected chi connectivity index (χ3v) is 0.885. The van der Waals surface area contributed by atoms with Crippen LogP contribution in [0.15, 0.2) is 0 Å². The smallest absolute Gasteiger partial charge is 0.248 e. The summed E-state index contributed by atoms with van der Waals surface area (Å²) in [6.45, 7) is 3.17. The number of rotatable bonds is 1. The lowest BCUT2D eigenvalue weighted by atomic mass is 10.7. The molecule has 11 heavy (non-hydrogen) atoms. The number of hydrogen-bond donors (Lipinski definition) is 2. The molecule has 6 heteroatoms. The minimum Gasteiger partial charge on any atom is -0.293 e. The van der Waals surface area contributed by atoms with Crippen molar-refractivity contribution in [3.05, 3.63) is 5.82 Å². The molecule has 0 aromatic carbocycles. The molecule has 1 heterocycles. The lowest BCUT2D eigenvalue weighted by molar-refractivity contribution is -0.114. The van der Waals surface area contributed by atoms with Gasteiger partial charge in [-0.1, -0.05) is 0 Å². The number of nitrogens with one attached hydrogen (secondary N) is 2. The highest BCUT2D eigenvalue weighted by Gasteiger charge is 1.98. The molecular formula is C5H9ClN4O. The van der Waals surface area contributed by atoms with Crippen LogP contribution in [0.4, 0.5) is 5.95 Å². The fourth-order valence-corrected chi connectivity index (χ4v) is 0.556. The van der Waals surface area contributed by atoms with Crippen LogP contribution in [-0.4, -0.2) is 21.1 Å². The topological polar surface area (TPSA) is 70.7 Å². The molecule has 2 N–H and O–H groups in total. The summed E-state index contributed by atoms with van der Waals surface area (Å²) in [7, 11) is 0. The van der Waals surface area contributed by atoms with E-state index in [0.29, 0.717) is 11.8 Å². The Kier molecular flexibility index (Phi) is 3.53. The lowest BCUT2D eigenvalue weighted by Gasteiger charge is -1.89. The summed E-state index contributed by atoms with van der Waals surface area (Å²) >= 11 is 0. The fourth-order valence-electron chi connectivity index (χ4n) is 0.556. The van der Waals surface area contributed by atoms with Gasteiger partial charge in [-0.05, 0) is 6.92 Å². The number of nitrogens with zero attached hydrogens (tertiary/aromatic N) is 2. The molecule has 5 nitrogen and oxygen atoms in total. The molecule has 1 aromatic heterocycles. The Morgan fingerprint density at radius 1 is 1.64 bits per heavy atom. The number of halogens is 1. The highest BCUT2D eigenvalue weighted by Crippen LogP contribution is 1.94. The van der Waals surface area contributed by atoms with Gasteiger partial charge in [0.25, 0.3) is 0 Å². The number of carbonyl (C=O) groups is 1. The van der Waals surface area contributed by atoms with Crippen molar-refractivity contribution in [2.45, 2.75) is 13.8 Å². The van der Waals surface area contributed by atoms with Crippen LogP contribution in [0.1, 0.15) is 12.7 Å². The molecule has 0 saturated carbocycles. The Bertz CT molecular complexity index is 246. The third kappa shape index (κ3) is 2.99. The van der Waals surface area contributed by atoms with Crippen molar-refractivity contribution in [2.24, 2.45) is 0 Å². The molecule has 62 valence electrons. The predicted molar refractivity (Wildman–Crippen MR) is 42.7 cm³/mol. The summed E-state index contributed by atoms with van der Waals surface area (Å²) in [5.74, 6) is 0.841. The monoisotopic (exact) mass is 176 g/mol. The van der Waals surface area contributed by atoms with Crippen LogP contribution >= 0.6 is 12.4 Å². The first-order chi connectivity index (χ1) is 4.68. The molecule has 1 aromatic rings. The van der Waals surface area contributed by atoms with Gasteiger partial charge in [-0.25, -0.2) is 0 Å². The normalized spacial score (nSPS) is 8.55. The summed E-state index contributed by atoms with van der Waals surface area (Å²) in [5, 5.41) is 8.72. The molecule has 0 atom stereocenters. The van der Waals surface area contributed by atoms with Crippen LogP contribution in [0.25, 0.3) is 0 Å². The summed E-state index contributed by atoms with van der Waals surface area (Å²) in [4.78, 5) is 14.3. The Labute approximate surface area is 70.0 Å². The molecule has 1 rings (SSSR count). The Morgan fingerprint density at radius 3 is 2.64 bits per heavy atom. The average Bonchev–Trinajstić information content (AvgIpc) is 2.13. The lowest BCUT2D eigenvalue weighted by Crippen LogP contribution is -2.06. The Balaban J connectivity index is 0.000001000. The van der Waals surface area contributed by atoms with Crippen molar-refractivity contribution in [1.82, 2.24) is 15.2 Å². The van der Waals surface area contributed by atoms with E-state index in [2.05, 4.69) is 20.5 Å². The highest BCUT2D eigenvalue weighted by molar-refractivity contribution is 5.86. The van der Waals surface area contributed by atoms with Crippen molar-refractivity contribution in [3.8, 4) is 0 Å². The van der Waals surface area contributed by atoms with E-state index in [0.717, 1.165) is 0 Å². The second kappa shape index (κ2) is 3.92. The van der Waals surface area contributed by atoms with Gasteiger partial charge < -0.3 is 0 Å². The summed E-state index contributed by atoms with van der Waals surface area (Å²) < 4.78 is 0. The maximum atomic E-state index is 10.4. The van der Waals surface area contributed by atoms with Crippen LogP contribution in [0.3, 0.4) is 0 Å². The van der Waals surface area contributed by atoms with Crippen LogP contribution in [0.2, 0.25) is 0 Å². The standard InChI is InChI=1S/C5H8N4O.ClH/c1-3-6-5(9-8-3)7-4(2)10;/h1-2H3,(H2,6,7,8,9,10);1H.